The molecule has 3 rings (SSSR count). The van der Waals surface area contributed by atoms with Crippen LogP contribution in [0.1, 0.15) is 40.7 Å². The Kier molecular flexibility index (Phi) is 5.36. The van der Waals surface area contributed by atoms with Crippen LogP contribution in [-0.4, -0.2) is 28.9 Å². The number of pyridine rings is 1. The van der Waals surface area contributed by atoms with Gasteiger partial charge in [-0.15, -0.1) is 0 Å². The van der Waals surface area contributed by atoms with Gasteiger partial charge in [0.25, 0.3) is 5.91 Å². The second-order valence-electron chi connectivity index (χ2n) is 6.19. The second-order valence-corrected chi connectivity index (χ2v) is 6.59. The molecule has 0 saturated carbocycles. The average Bonchev–Trinajstić information content (AvgIpc) is 2.62. The molecule has 0 spiro atoms. The smallest absolute Gasteiger partial charge is 0.255 e. The molecule has 2 heterocycles. The Morgan fingerprint density at radius 1 is 1.25 bits per heavy atom. The van der Waals surface area contributed by atoms with Crippen molar-refractivity contribution in [1.82, 2.24) is 9.88 Å². The van der Waals surface area contributed by atoms with Crippen molar-refractivity contribution < 1.29 is 4.79 Å². The summed E-state index contributed by atoms with van der Waals surface area (Å²) in [5.74, 6) is 0.629. The van der Waals surface area contributed by atoms with Crippen molar-refractivity contribution in [3.63, 3.8) is 0 Å². The van der Waals surface area contributed by atoms with Crippen LogP contribution in [0.4, 0.5) is 5.82 Å². The summed E-state index contributed by atoms with van der Waals surface area (Å²) in [5, 5.41) is 3.73. The normalized spacial score (nSPS) is 14.5. The van der Waals surface area contributed by atoms with Crippen LogP contribution in [0.3, 0.4) is 0 Å². The maximum atomic E-state index is 12.5. The molecule has 24 heavy (non-hydrogen) atoms. The molecule has 1 amide bonds. The van der Waals surface area contributed by atoms with Gasteiger partial charge in [-0.25, -0.2) is 4.98 Å². The zero-order valence-corrected chi connectivity index (χ0v) is 14.6. The van der Waals surface area contributed by atoms with E-state index in [4.69, 9.17) is 11.6 Å². The number of benzene rings is 1. The molecule has 1 fully saturated rings. The summed E-state index contributed by atoms with van der Waals surface area (Å²) in [7, 11) is 0. The number of carbonyl (C=O) groups excluding carboxylic acids is 1. The number of aromatic nitrogens is 1. The number of hydrogen-bond donors (Lipinski definition) is 1. The summed E-state index contributed by atoms with van der Waals surface area (Å²) in [6.07, 6.45) is 4.96. The molecule has 5 heteroatoms. The highest BCUT2D eigenvalue weighted by Gasteiger charge is 2.19. The van der Waals surface area contributed by atoms with Gasteiger partial charge in [0.1, 0.15) is 5.82 Å². The summed E-state index contributed by atoms with van der Waals surface area (Å²) in [4.78, 5) is 18.7. The third kappa shape index (κ3) is 3.88. The number of halogens is 1. The first-order valence-corrected chi connectivity index (χ1v) is 8.76. The fraction of sp³-hybridized carbons (Fsp3) is 0.368. The van der Waals surface area contributed by atoms with E-state index in [1.165, 1.54) is 17.5 Å². The lowest BCUT2D eigenvalue weighted by Crippen LogP contribution is -2.35. The summed E-state index contributed by atoms with van der Waals surface area (Å²) >= 11 is 6.32. The van der Waals surface area contributed by atoms with Crippen molar-refractivity contribution in [2.24, 2.45) is 0 Å². The molecule has 1 aliphatic heterocycles. The molecule has 1 aromatic heterocycles. The van der Waals surface area contributed by atoms with Gasteiger partial charge in [-0.3, -0.25) is 4.79 Å². The quantitative estimate of drug-likeness (QED) is 0.901. The molecule has 4 nitrogen and oxygen atoms in total. The van der Waals surface area contributed by atoms with E-state index >= 15 is 0 Å². The van der Waals surface area contributed by atoms with Crippen LogP contribution >= 0.6 is 11.6 Å². The molecule has 0 atom stereocenters. The molecule has 0 radical (unpaired) electrons. The van der Waals surface area contributed by atoms with Gasteiger partial charge < -0.3 is 10.2 Å². The maximum Gasteiger partial charge on any atom is 0.255 e. The molecular weight excluding hydrogens is 322 g/mol. The number of likely N-dealkylation sites (tertiary alicyclic amines) is 1. The van der Waals surface area contributed by atoms with E-state index in [-0.39, 0.29) is 5.91 Å². The topological polar surface area (TPSA) is 45.2 Å². The second kappa shape index (κ2) is 7.67. The zero-order valence-electron chi connectivity index (χ0n) is 13.9. The molecule has 1 aliphatic rings. The van der Waals surface area contributed by atoms with Crippen LogP contribution in [0.15, 0.2) is 36.5 Å². The molecule has 1 saturated heterocycles. The van der Waals surface area contributed by atoms with Crippen molar-refractivity contribution in [2.75, 3.05) is 18.4 Å². The van der Waals surface area contributed by atoms with Gasteiger partial charge >= 0.3 is 0 Å². The van der Waals surface area contributed by atoms with E-state index in [0.717, 1.165) is 25.9 Å². The molecule has 2 aromatic rings. The van der Waals surface area contributed by atoms with Crippen LogP contribution < -0.4 is 5.32 Å². The van der Waals surface area contributed by atoms with E-state index in [0.29, 0.717) is 22.9 Å². The van der Waals surface area contributed by atoms with Crippen molar-refractivity contribution >= 4 is 23.3 Å². The number of carbonyl (C=O) groups is 1. The fourth-order valence-corrected chi connectivity index (χ4v) is 3.19. The number of amides is 1. The van der Waals surface area contributed by atoms with Gasteiger partial charge in [-0.2, -0.15) is 0 Å². The zero-order chi connectivity index (χ0) is 16.9. The number of piperidine rings is 1. The highest BCUT2D eigenvalue weighted by Crippen LogP contribution is 2.23. The van der Waals surface area contributed by atoms with Crippen LogP contribution in [0.25, 0.3) is 0 Å². The fourth-order valence-electron chi connectivity index (χ4n) is 2.95. The number of hydrogen-bond acceptors (Lipinski definition) is 3. The molecule has 0 aliphatic carbocycles. The van der Waals surface area contributed by atoms with Crippen molar-refractivity contribution in [3.8, 4) is 0 Å². The molecule has 126 valence electrons. The van der Waals surface area contributed by atoms with E-state index in [9.17, 15) is 4.79 Å². The molecule has 1 N–H and O–H groups in total. The summed E-state index contributed by atoms with van der Waals surface area (Å²) in [6.45, 7) is 4.37. The van der Waals surface area contributed by atoms with Crippen LogP contribution in [0.2, 0.25) is 5.02 Å². The number of nitrogens with zero attached hydrogens (tertiary/aromatic N) is 2. The average molecular weight is 344 g/mol. The Hall–Kier alpha value is -2.07. The third-order valence-corrected chi connectivity index (χ3v) is 4.73. The number of aryl methyl sites for hydroxylation is 1. The van der Waals surface area contributed by atoms with Crippen LogP contribution in [-0.2, 0) is 6.54 Å². The molecule has 0 unspecified atom stereocenters. The van der Waals surface area contributed by atoms with Gasteiger partial charge in [-0.05, 0) is 43.4 Å². The van der Waals surface area contributed by atoms with Crippen LogP contribution in [0.5, 0.6) is 0 Å². The first-order chi connectivity index (χ1) is 11.6. The SMILES string of the molecule is Cc1ccccc1CNc1ncc(C(=O)N2CCCCC2)cc1Cl. The van der Waals surface area contributed by atoms with Gasteiger partial charge in [-0.1, -0.05) is 35.9 Å². The van der Waals surface area contributed by atoms with Gasteiger partial charge in [0.05, 0.1) is 10.6 Å². The van der Waals surface area contributed by atoms with E-state index < -0.39 is 0 Å². The minimum Gasteiger partial charge on any atom is -0.365 e. The largest absolute Gasteiger partial charge is 0.365 e. The first-order valence-electron chi connectivity index (χ1n) is 8.38. The molecule has 1 aromatic carbocycles. The lowest BCUT2D eigenvalue weighted by Gasteiger charge is -2.26. The van der Waals surface area contributed by atoms with E-state index in [2.05, 4.69) is 29.4 Å². The Labute approximate surface area is 147 Å². The van der Waals surface area contributed by atoms with Crippen molar-refractivity contribution in [3.05, 3.63) is 58.2 Å². The van der Waals surface area contributed by atoms with Crippen LogP contribution in [0, 0.1) is 6.92 Å². The predicted molar refractivity (Wildman–Crippen MR) is 97.5 cm³/mol. The predicted octanol–water partition coefficient (Wildman–Crippen LogP) is 4.28. The first kappa shape index (κ1) is 16.8. The molecular formula is C19H22ClN3O. The Balaban J connectivity index is 1.68. The minimum absolute atomic E-state index is 0.0227. The summed E-state index contributed by atoms with van der Waals surface area (Å²) in [5.41, 5.74) is 2.98. The monoisotopic (exact) mass is 343 g/mol. The van der Waals surface area contributed by atoms with E-state index in [1.807, 2.05) is 17.0 Å². The highest BCUT2D eigenvalue weighted by atomic mass is 35.5. The molecule has 0 bridgehead atoms. The Bertz CT molecular complexity index is 726. The van der Waals surface area contributed by atoms with Crippen molar-refractivity contribution in [1.29, 1.82) is 0 Å². The van der Waals surface area contributed by atoms with Gasteiger partial charge in [0, 0.05) is 25.8 Å². The number of nitrogens with one attached hydrogen (secondary N) is 1. The Morgan fingerprint density at radius 2 is 2.00 bits per heavy atom. The maximum absolute atomic E-state index is 12.5. The van der Waals surface area contributed by atoms with Gasteiger partial charge in [0.15, 0.2) is 0 Å². The summed E-state index contributed by atoms with van der Waals surface area (Å²) < 4.78 is 0. The third-order valence-electron chi connectivity index (χ3n) is 4.44. The van der Waals surface area contributed by atoms with Gasteiger partial charge in [0.2, 0.25) is 0 Å². The van der Waals surface area contributed by atoms with Crippen molar-refractivity contribution in [2.45, 2.75) is 32.7 Å². The standard InChI is InChI=1S/C19H22ClN3O/c1-14-7-3-4-8-15(14)12-21-18-17(20)11-16(13-22-18)19(24)23-9-5-2-6-10-23/h3-4,7-8,11,13H,2,5-6,9-10,12H2,1H3,(H,21,22). The Morgan fingerprint density at radius 3 is 2.71 bits per heavy atom. The number of anilines is 1. The number of rotatable bonds is 4. The minimum atomic E-state index is 0.0227. The lowest BCUT2D eigenvalue weighted by atomic mass is 10.1. The summed E-state index contributed by atoms with van der Waals surface area (Å²) in [6, 6.07) is 9.90. The van der Waals surface area contributed by atoms with E-state index in [1.54, 1.807) is 12.3 Å². The highest BCUT2D eigenvalue weighted by molar-refractivity contribution is 6.33. The lowest BCUT2D eigenvalue weighted by molar-refractivity contribution is 0.0724.